The summed E-state index contributed by atoms with van der Waals surface area (Å²) in [7, 11) is 0. The molecule has 118 valence electrons. The first-order valence-corrected chi connectivity index (χ1v) is 8.57. The van der Waals surface area contributed by atoms with Gasteiger partial charge in [0.2, 0.25) is 0 Å². The molecule has 5 nitrogen and oxygen atoms in total. The Kier molecular flexibility index (Phi) is 5.09. The van der Waals surface area contributed by atoms with Crippen molar-refractivity contribution >= 4 is 38.9 Å². The van der Waals surface area contributed by atoms with Crippen molar-refractivity contribution < 1.29 is 9.53 Å². The summed E-state index contributed by atoms with van der Waals surface area (Å²) < 4.78 is 8.58. The molecular weight excluding hydrogens is 378 g/mol. The number of carbonyl (C=O) groups excluding carboxylic acids is 1. The molecule has 1 N–H and O–H groups in total. The third-order valence-corrected chi connectivity index (χ3v) is 4.69. The number of anilines is 1. The summed E-state index contributed by atoms with van der Waals surface area (Å²) in [6.07, 6.45) is 5.37. The zero-order valence-corrected chi connectivity index (χ0v) is 14.5. The molecule has 2 aromatic heterocycles. The summed E-state index contributed by atoms with van der Waals surface area (Å²) in [5, 5.41) is 2.87. The molecule has 1 aromatic carbocycles. The van der Waals surface area contributed by atoms with Gasteiger partial charge >= 0.3 is 0 Å². The lowest BCUT2D eigenvalue weighted by atomic mass is 10.3. The van der Waals surface area contributed by atoms with Crippen LogP contribution in [0.5, 0.6) is 5.75 Å². The number of nitrogens with one attached hydrogen (secondary N) is 1. The third-order valence-electron chi connectivity index (χ3n) is 3.07. The molecule has 1 amide bonds. The van der Waals surface area contributed by atoms with E-state index in [-0.39, 0.29) is 5.91 Å². The maximum atomic E-state index is 12.1. The van der Waals surface area contributed by atoms with Crippen LogP contribution in [0.25, 0.3) is 0 Å². The van der Waals surface area contributed by atoms with E-state index in [4.69, 9.17) is 4.74 Å². The van der Waals surface area contributed by atoms with E-state index in [1.54, 1.807) is 18.6 Å². The van der Waals surface area contributed by atoms with Crippen molar-refractivity contribution in [1.29, 1.82) is 0 Å². The van der Waals surface area contributed by atoms with Crippen molar-refractivity contribution in [3.63, 3.8) is 0 Å². The number of aromatic nitrogens is 2. The molecular formula is C16H14BrN3O2S. The zero-order valence-electron chi connectivity index (χ0n) is 12.1. The Hall–Kier alpha value is -2.12. The van der Waals surface area contributed by atoms with Gasteiger partial charge in [0.15, 0.2) is 0 Å². The molecule has 0 radical (unpaired) electrons. The van der Waals surface area contributed by atoms with Crippen LogP contribution in [0.4, 0.5) is 5.69 Å². The highest BCUT2D eigenvalue weighted by molar-refractivity contribution is 9.11. The van der Waals surface area contributed by atoms with Crippen molar-refractivity contribution in [2.24, 2.45) is 0 Å². The Balaban J connectivity index is 1.57. The van der Waals surface area contributed by atoms with E-state index in [2.05, 4.69) is 26.2 Å². The zero-order chi connectivity index (χ0) is 16.1. The van der Waals surface area contributed by atoms with Crippen molar-refractivity contribution in [3.8, 4) is 5.75 Å². The number of thiophene rings is 1. The standard InChI is InChI=1S/C16H14BrN3O2S/c17-15-5-4-14(23-15)16(21)19-12-2-1-3-13(10-12)22-9-8-20-7-6-18-11-20/h1-7,10-11H,8-9H2,(H,19,21). The minimum Gasteiger partial charge on any atom is -0.492 e. The summed E-state index contributed by atoms with van der Waals surface area (Å²) >= 11 is 4.75. The van der Waals surface area contributed by atoms with Crippen LogP contribution in [0.2, 0.25) is 0 Å². The number of hydrogen-bond acceptors (Lipinski definition) is 4. The number of carbonyl (C=O) groups is 1. The molecule has 3 rings (SSSR count). The van der Waals surface area contributed by atoms with Crippen molar-refractivity contribution in [2.75, 3.05) is 11.9 Å². The SMILES string of the molecule is O=C(Nc1cccc(OCCn2ccnc2)c1)c1ccc(Br)s1. The molecule has 0 spiro atoms. The topological polar surface area (TPSA) is 56.1 Å². The van der Waals surface area contributed by atoms with E-state index in [1.807, 2.05) is 41.1 Å². The predicted octanol–water partition coefficient (Wildman–Crippen LogP) is 4.04. The first kappa shape index (κ1) is 15.8. The van der Waals surface area contributed by atoms with Gasteiger partial charge in [0.05, 0.1) is 21.5 Å². The molecule has 0 atom stereocenters. The normalized spacial score (nSPS) is 10.5. The Morgan fingerprint density at radius 3 is 3.00 bits per heavy atom. The van der Waals surface area contributed by atoms with Crippen LogP contribution in [-0.2, 0) is 6.54 Å². The lowest BCUT2D eigenvalue weighted by molar-refractivity contribution is 0.103. The van der Waals surface area contributed by atoms with E-state index in [0.717, 1.165) is 16.1 Å². The van der Waals surface area contributed by atoms with Crippen LogP contribution in [0, 0.1) is 0 Å². The van der Waals surface area contributed by atoms with Gasteiger partial charge in [-0.2, -0.15) is 0 Å². The highest BCUT2D eigenvalue weighted by atomic mass is 79.9. The molecule has 23 heavy (non-hydrogen) atoms. The van der Waals surface area contributed by atoms with Crippen LogP contribution in [0.1, 0.15) is 9.67 Å². The molecule has 0 saturated carbocycles. The molecule has 0 bridgehead atoms. The predicted molar refractivity (Wildman–Crippen MR) is 94.1 cm³/mol. The summed E-state index contributed by atoms with van der Waals surface area (Å²) in [5.74, 6) is 0.589. The molecule has 2 heterocycles. The van der Waals surface area contributed by atoms with Crippen molar-refractivity contribution in [3.05, 3.63) is 63.8 Å². The van der Waals surface area contributed by atoms with Gasteiger partial charge < -0.3 is 14.6 Å². The quantitative estimate of drug-likeness (QED) is 0.689. The molecule has 3 aromatic rings. The number of hydrogen-bond donors (Lipinski definition) is 1. The van der Waals surface area contributed by atoms with Gasteiger partial charge in [-0.3, -0.25) is 4.79 Å². The summed E-state index contributed by atoms with van der Waals surface area (Å²) in [6.45, 7) is 1.26. The molecule has 0 aliphatic rings. The largest absolute Gasteiger partial charge is 0.492 e. The maximum Gasteiger partial charge on any atom is 0.265 e. The highest BCUT2D eigenvalue weighted by Gasteiger charge is 2.09. The van der Waals surface area contributed by atoms with Gasteiger partial charge in [0, 0.05) is 24.1 Å². The van der Waals surface area contributed by atoms with Gasteiger partial charge in [0.25, 0.3) is 5.91 Å². The summed E-state index contributed by atoms with van der Waals surface area (Å²) in [5.41, 5.74) is 0.708. The van der Waals surface area contributed by atoms with Gasteiger partial charge in [-0.25, -0.2) is 4.98 Å². The number of ether oxygens (including phenoxy) is 1. The third kappa shape index (κ3) is 4.43. The second-order valence-electron chi connectivity index (χ2n) is 4.73. The molecule has 0 fully saturated rings. The second kappa shape index (κ2) is 7.43. The number of benzene rings is 1. The van der Waals surface area contributed by atoms with E-state index < -0.39 is 0 Å². The van der Waals surface area contributed by atoms with Crippen LogP contribution >= 0.6 is 27.3 Å². The summed E-state index contributed by atoms with van der Waals surface area (Å²) in [4.78, 5) is 16.8. The number of halogens is 1. The first-order chi connectivity index (χ1) is 11.2. The Labute approximate surface area is 146 Å². The van der Waals surface area contributed by atoms with Gasteiger partial charge in [-0.15, -0.1) is 11.3 Å². The van der Waals surface area contributed by atoms with Gasteiger partial charge in [0.1, 0.15) is 12.4 Å². The molecule has 7 heteroatoms. The molecule has 0 aliphatic carbocycles. The average Bonchev–Trinajstić information content (AvgIpc) is 3.19. The minimum absolute atomic E-state index is 0.128. The van der Waals surface area contributed by atoms with E-state index in [1.165, 1.54) is 11.3 Å². The van der Waals surface area contributed by atoms with E-state index in [0.29, 0.717) is 17.2 Å². The number of amides is 1. The van der Waals surface area contributed by atoms with Gasteiger partial charge in [-0.1, -0.05) is 6.07 Å². The summed E-state index contributed by atoms with van der Waals surface area (Å²) in [6, 6.07) is 11.0. The first-order valence-electron chi connectivity index (χ1n) is 6.96. The van der Waals surface area contributed by atoms with Crippen LogP contribution < -0.4 is 10.1 Å². The van der Waals surface area contributed by atoms with Gasteiger partial charge in [-0.05, 0) is 40.2 Å². The van der Waals surface area contributed by atoms with Crippen LogP contribution in [-0.4, -0.2) is 22.1 Å². The molecule has 0 unspecified atom stereocenters. The number of rotatable bonds is 6. The van der Waals surface area contributed by atoms with Crippen molar-refractivity contribution in [2.45, 2.75) is 6.54 Å². The number of nitrogens with zero attached hydrogens (tertiary/aromatic N) is 2. The lowest BCUT2D eigenvalue weighted by Gasteiger charge is -2.09. The van der Waals surface area contributed by atoms with Crippen LogP contribution in [0.3, 0.4) is 0 Å². The monoisotopic (exact) mass is 391 g/mol. The fourth-order valence-electron chi connectivity index (χ4n) is 1.98. The van der Waals surface area contributed by atoms with Crippen LogP contribution in [0.15, 0.2) is 58.9 Å². The fraction of sp³-hybridized carbons (Fsp3) is 0.125. The van der Waals surface area contributed by atoms with E-state index >= 15 is 0 Å². The lowest BCUT2D eigenvalue weighted by Crippen LogP contribution is -2.10. The highest BCUT2D eigenvalue weighted by Crippen LogP contribution is 2.24. The smallest absolute Gasteiger partial charge is 0.265 e. The number of imidazole rings is 1. The second-order valence-corrected chi connectivity index (χ2v) is 7.20. The Morgan fingerprint density at radius 2 is 2.26 bits per heavy atom. The maximum absolute atomic E-state index is 12.1. The Morgan fingerprint density at radius 1 is 1.35 bits per heavy atom. The molecule has 0 aliphatic heterocycles. The van der Waals surface area contributed by atoms with E-state index in [9.17, 15) is 4.79 Å². The Bertz CT molecular complexity index is 786. The minimum atomic E-state index is -0.128. The van der Waals surface area contributed by atoms with Crippen molar-refractivity contribution in [1.82, 2.24) is 9.55 Å². The fourth-order valence-corrected chi connectivity index (χ4v) is 3.26. The molecule has 0 saturated heterocycles. The average molecular weight is 392 g/mol.